The van der Waals surface area contributed by atoms with Crippen molar-refractivity contribution in [3.05, 3.63) is 0 Å². The molecule has 0 aliphatic heterocycles. The molecule has 4 unspecified atom stereocenters. The zero-order valence-corrected chi connectivity index (χ0v) is 28.8. The van der Waals surface area contributed by atoms with Crippen molar-refractivity contribution in [1.82, 2.24) is 0 Å². The Morgan fingerprint density at radius 2 is 0.578 bits per heavy atom. The lowest BCUT2D eigenvalue weighted by Crippen LogP contribution is -2.15. The first-order valence-electron chi connectivity index (χ1n) is 18.4. The van der Waals surface area contributed by atoms with E-state index in [9.17, 15) is 39.6 Å². The van der Waals surface area contributed by atoms with Crippen molar-refractivity contribution in [1.29, 1.82) is 0 Å². The van der Waals surface area contributed by atoms with Crippen LogP contribution < -0.4 is 0 Å². The van der Waals surface area contributed by atoms with Gasteiger partial charge >= 0.3 is 0 Å². The Hall–Kier alpha value is -1.48. The molecule has 0 aromatic heterocycles. The van der Waals surface area contributed by atoms with Crippen molar-refractivity contribution in [2.75, 3.05) is 0 Å². The lowest BCUT2D eigenvalue weighted by molar-refractivity contribution is -0.122. The van der Waals surface area contributed by atoms with E-state index in [2.05, 4.69) is 13.8 Å². The Kier molecular flexibility index (Phi) is 28.9. The highest BCUT2D eigenvalue weighted by Gasteiger charge is 2.15. The average molecular weight is 641 g/mol. The number of aliphatic hydroxyl groups excluding tert-OH is 4. The summed E-state index contributed by atoms with van der Waals surface area (Å²) in [5.41, 5.74) is 0. The van der Waals surface area contributed by atoms with Gasteiger partial charge in [0.15, 0.2) is 0 Å². The Balaban J connectivity index is 3.72. The van der Waals surface area contributed by atoms with Crippen LogP contribution in [-0.4, -0.2) is 68.0 Å². The van der Waals surface area contributed by atoms with E-state index < -0.39 is 24.4 Å². The third kappa shape index (κ3) is 29.7. The smallest absolute Gasteiger partial charge is 0.135 e. The molecule has 0 aliphatic carbocycles. The van der Waals surface area contributed by atoms with Crippen LogP contribution in [0, 0.1) is 0 Å². The minimum Gasteiger partial charge on any atom is -0.393 e. The van der Waals surface area contributed by atoms with Crippen molar-refractivity contribution in [3.63, 3.8) is 0 Å². The van der Waals surface area contributed by atoms with Crippen LogP contribution in [0.3, 0.4) is 0 Å². The van der Waals surface area contributed by atoms with Crippen LogP contribution in [-0.2, 0) is 19.2 Å². The third-order valence-corrected chi connectivity index (χ3v) is 8.53. The first kappa shape index (κ1) is 43.5. The summed E-state index contributed by atoms with van der Waals surface area (Å²) in [5, 5.41) is 40.5. The molecule has 0 amide bonds. The summed E-state index contributed by atoms with van der Waals surface area (Å²) in [5.74, 6) is 0.351. The fourth-order valence-corrected chi connectivity index (χ4v) is 5.71. The van der Waals surface area contributed by atoms with E-state index in [-0.39, 0.29) is 48.8 Å². The zero-order valence-electron chi connectivity index (χ0n) is 28.8. The molecule has 45 heavy (non-hydrogen) atoms. The number of Topliss-reactive ketones (excluding diaryl/α,β-unsaturated/α-hetero) is 4. The zero-order chi connectivity index (χ0) is 33.7. The van der Waals surface area contributed by atoms with Gasteiger partial charge in [0.2, 0.25) is 0 Å². The standard InChI is InChI=1S/C37H68O8/c1-3-5-10-18-30(38)26-32(40)20-12-7-14-22-34(42)28-36(44)24-16-9-17-25-37(45)29-35(43)23-15-8-13-21-33(41)27-31(39)19-11-6-4-2/h32-33,36-37,40-41,44-45H,3-29H2,1-2H3. The molecule has 8 heteroatoms. The van der Waals surface area contributed by atoms with Gasteiger partial charge in [0.1, 0.15) is 23.1 Å². The normalized spacial score (nSPS) is 14.2. The molecule has 0 aromatic carbocycles. The average Bonchev–Trinajstić information content (AvgIpc) is 2.96. The number of unbranched alkanes of at least 4 members (excludes halogenated alkanes) is 10. The summed E-state index contributed by atoms with van der Waals surface area (Å²) in [6, 6.07) is 0. The first-order valence-corrected chi connectivity index (χ1v) is 18.4. The molecule has 0 fully saturated rings. The van der Waals surface area contributed by atoms with Gasteiger partial charge < -0.3 is 20.4 Å². The molecule has 0 bridgehead atoms. The van der Waals surface area contributed by atoms with Crippen molar-refractivity contribution >= 4 is 23.1 Å². The van der Waals surface area contributed by atoms with Crippen molar-refractivity contribution in [2.24, 2.45) is 0 Å². The minimum absolute atomic E-state index is 0.0483. The Morgan fingerprint density at radius 3 is 0.822 bits per heavy atom. The third-order valence-electron chi connectivity index (χ3n) is 8.53. The van der Waals surface area contributed by atoms with Crippen LogP contribution in [0.2, 0.25) is 0 Å². The molecule has 0 saturated carbocycles. The van der Waals surface area contributed by atoms with E-state index in [0.29, 0.717) is 51.4 Å². The van der Waals surface area contributed by atoms with Gasteiger partial charge in [0, 0.05) is 51.4 Å². The second-order valence-electron chi connectivity index (χ2n) is 13.3. The highest BCUT2D eigenvalue weighted by molar-refractivity contribution is 5.79. The second kappa shape index (κ2) is 29.9. The van der Waals surface area contributed by atoms with Crippen molar-refractivity contribution < 1.29 is 39.6 Å². The second-order valence-corrected chi connectivity index (χ2v) is 13.3. The predicted octanol–water partition coefficient (Wildman–Crippen LogP) is 7.28. The number of carbonyl (C=O) groups excluding carboxylic acids is 4. The van der Waals surface area contributed by atoms with Gasteiger partial charge in [-0.15, -0.1) is 0 Å². The highest BCUT2D eigenvalue weighted by atomic mass is 16.3. The van der Waals surface area contributed by atoms with Crippen LogP contribution in [0.25, 0.3) is 0 Å². The predicted molar refractivity (Wildman–Crippen MR) is 180 cm³/mol. The van der Waals surface area contributed by atoms with E-state index in [0.717, 1.165) is 96.3 Å². The van der Waals surface area contributed by atoms with E-state index in [1.807, 2.05) is 0 Å². The van der Waals surface area contributed by atoms with Gasteiger partial charge in [0.25, 0.3) is 0 Å². The Bertz CT molecular complexity index is 706. The maximum absolute atomic E-state index is 12.2. The van der Waals surface area contributed by atoms with Gasteiger partial charge in [0.05, 0.1) is 24.4 Å². The molecular weight excluding hydrogens is 572 g/mol. The summed E-state index contributed by atoms with van der Waals surface area (Å²) in [6.07, 6.45) is 15.5. The minimum atomic E-state index is -0.656. The van der Waals surface area contributed by atoms with Gasteiger partial charge in [-0.1, -0.05) is 84.5 Å². The number of hydrogen-bond donors (Lipinski definition) is 4. The fourth-order valence-electron chi connectivity index (χ4n) is 5.71. The van der Waals surface area contributed by atoms with Crippen LogP contribution in [0.5, 0.6) is 0 Å². The summed E-state index contributed by atoms with van der Waals surface area (Å²) in [7, 11) is 0. The summed E-state index contributed by atoms with van der Waals surface area (Å²) >= 11 is 0. The van der Waals surface area contributed by atoms with Gasteiger partial charge in [-0.25, -0.2) is 0 Å². The molecule has 0 spiro atoms. The van der Waals surface area contributed by atoms with Crippen molar-refractivity contribution in [3.8, 4) is 0 Å². The Labute approximate surface area is 274 Å². The lowest BCUT2D eigenvalue weighted by Gasteiger charge is -2.12. The topological polar surface area (TPSA) is 149 Å². The maximum Gasteiger partial charge on any atom is 0.135 e. The maximum atomic E-state index is 12.2. The molecule has 8 nitrogen and oxygen atoms in total. The summed E-state index contributed by atoms with van der Waals surface area (Å²) in [6.45, 7) is 4.19. The fraction of sp³-hybridized carbons (Fsp3) is 0.892. The van der Waals surface area contributed by atoms with Gasteiger partial charge in [-0.05, 0) is 51.4 Å². The Morgan fingerprint density at radius 1 is 0.356 bits per heavy atom. The van der Waals surface area contributed by atoms with E-state index in [1.54, 1.807) is 0 Å². The number of carbonyl (C=O) groups is 4. The molecule has 0 heterocycles. The largest absolute Gasteiger partial charge is 0.393 e. The number of ketones is 4. The lowest BCUT2D eigenvalue weighted by atomic mass is 9.98. The van der Waals surface area contributed by atoms with E-state index in [4.69, 9.17) is 0 Å². The molecule has 0 radical (unpaired) electrons. The number of aliphatic hydroxyl groups is 4. The highest BCUT2D eigenvalue weighted by Crippen LogP contribution is 2.16. The van der Waals surface area contributed by atoms with E-state index in [1.165, 1.54) is 0 Å². The SMILES string of the molecule is CCCCCC(=O)CC(O)CCCCCC(=O)CC(O)CCCCCC(O)CC(=O)CCCCCC(O)CC(=O)CCCCC. The van der Waals surface area contributed by atoms with Gasteiger partial charge in [-0.3, -0.25) is 19.2 Å². The summed E-state index contributed by atoms with van der Waals surface area (Å²) in [4.78, 5) is 48.0. The number of rotatable bonds is 34. The first-order chi connectivity index (χ1) is 21.6. The van der Waals surface area contributed by atoms with Gasteiger partial charge in [-0.2, -0.15) is 0 Å². The molecule has 4 N–H and O–H groups in total. The molecule has 0 aromatic rings. The van der Waals surface area contributed by atoms with Crippen molar-refractivity contribution in [2.45, 2.75) is 212 Å². The molecular formula is C37H68O8. The van der Waals surface area contributed by atoms with Crippen LogP contribution in [0.1, 0.15) is 187 Å². The van der Waals surface area contributed by atoms with Crippen LogP contribution in [0.15, 0.2) is 0 Å². The number of hydrogen-bond acceptors (Lipinski definition) is 8. The molecule has 264 valence electrons. The van der Waals surface area contributed by atoms with Crippen LogP contribution in [0.4, 0.5) is 0 Å². The molecule has 0 saturated heterocycles. The molecule has 4 atom stereocenters. The summed E-state index contributed by atoms with van der Waals surface area (Å²) < 4.78 is 0. The molecule has 0 rings (SSSR count). The van der Waals surface area contributed by atoms with Crippen LogP contribution >= 0.6 is 0 Å². The van der Waals surface area contributed by atoms with E-state index >= 15 is 0 Å². The quantitative estimate of drug-likeness (QED) is 0.0536. The monoisotopic (exact) mass is 640 g/mol. The molecule has 0 aliphatic rings.